The third-order valence-electron chi connectivity index (χ3n) is 6.94. The first-order valence-corrected chi connectivity index (χ1v) is 11.9. The number of para-hydroxylation sites is 1. The number of aromatic nitrogens is 1. The molecule has 34 heavy (non-hydrogen) atoms. The zero-order chi connectivity index (χ0) is 23.8. The number of rotatable bonds is 4. The van der Waals surface area contributed by atoms with Crippen molar-refractivity contribution in [1.82, 2.24) is 9.47 Å². The Labute approximate surface area is 200 Å². The van der Waals surface area contributed by atoms with Gasteiger partial charge in [0.2, 0.25) is 0 Å². The third-order valence-corrected chi connectivity index (χ3v) is 6.94. The van der Waals surface area contributed by atoms with Gasteiger partial charge in [-0.2, -0.15) is 0 Å². The van der Waals surface area contributed by atoms with Crippen molar-refractivity contribution in [3.8, 4) is 5.75 Å². The molecule has 0 atom stereocenters. The number of anilines is 1. The number of phenolic OH excluding ortho intramolecular Hbond substituents is 1. The first-order valence-electron chi connectivity index (χ1n) is 11.9. The molecule has 0 bridgehead atoms. The van der Waals surface area contributed by atoms with Crippen molar-refractivity contribution in [2.45, 2.75) is 20.3 Å². The number of carbonyl (C=O) groups excluding carboxylic acids is 1. The predicted molar refractivity (Wildman–Crippen MR) is 138 cm³/mol. The van der Waals surface area contributed by atoms with E-state index < -0.39 is 0 Å². The van der Waals surface area contributed by atoms with Crippen molar-refractivity contribution in [2.75, 3.05) is 38.1 Å². The Morgan fingerprint density at radius 2 is 1.56 bits per heavy atom. The average molecular weight is 454 g/mol. The number of benzene rings is 3. The van der Waals surface area contributed by atoms with Crippen LogP contribution in [0.2, 0.25) is 0 Å². The van der Waals surface area contributed by atoms with Gasteiger partial charge in [0.05, 0.1) is 5.52 Å². The van der Waals surface area contributed by atoms with Crippen molar-refractivity contribution in [3.05, 3.63) is 94.7 Å². The lowest BCUT2D eigenvalue weighted by Crippen LogP contribution is -2.44. The molecule has 0 aliphatic carbocycles. The van der Waals surface area contributed by atoms with E-state index >= 15 is 0 Å². The summed E-state index contributed by atoms with van der Waals surface area (Å²) in [4.78, 5) is 18.2. The van der Waals surface area contributed by atoms with E-state index in [1.165, 1.54) is 5.69 Å². The van der Waals surface area contributed by atoms with Gasteiger partial charge in [-0.1, -0.05) is 30.3 Å². The Balaban J connectivity index is 1.44. The Kier molecular flexibility index (Phi) is 5.88. The first-order chi connectivity index (χ1) is 16.4. The van der Waals surface area contributed by atoms with Crippen LogP contribution in [-0.4, -0.2) is 53.7 Å². The number of nitrogens with zero attached hydrogens (tertiary/aromatic N) is 3. The molecule has 0 saturated carbocycles. The van der Waals surface area contributed by atoms with Crippen LogP contribution in [0.1, 0.15) is 32.6 Å². The second-order valence-corrected chi connectivity index (χ2v) is 9.44. The number of hydrogen-bond acceptors (Lipinski definition) is 4. The molecule has 174 valence electrons. The highest BCUT2D eigenvalue weighted by atomic mass is 16.3. The zero-order valence-corrected chi connectivity index (χ0v) is 20.1. The lowest BCUT2D eigenvalue weighted by molar-refractivity contribution is 0.0965. The standard InChI is InChI=1S/C29H31N3O2/c1-20-16-22(17-21(2)28(20)33)18-24-19-32(27-7-5-4-6-26(24)27)29(34)23-8-10-25(11-9-23)31-14-12-30(3)13-15-31/h4-11,16-17,19,33H,12-15,18H2,1-3H3. The van der Waals surface area contributed by atoms with E-state index in [1.54, 1.807) is 4.57 Å². The molecular formula is C29H31N3O2. The molecule has 0 radical (unpaired) electrons. The van der Waals surface area contributed by atoms with E-state index in [1.807, 2.05) is 62.5 Å². The molecule has 0 spiro atoms. The molecule has 1 N–H and O–H groups in total. The molecule has 1 aliphatic heterocycles. The topological polar surface area (TPSA) is 48.7 Å². The predicted octanol–water partition coefficient (Wildman–Crippen LogP) is 4.99. The van der Waals surface area contributed by atoms with Crippen LogP contribution in [0.5, 0.6) is 5.75 Å². The molecule has 5 heteroatoms. The van der Waals surface area contributed by atoms with E-state index in [0.29, 0.717) is 17.7 Å². The molecule has 1 fully saturated rings. The number of hydrogen-bond donors (Lipinski definition) is 1. The van der Waals surface area contributed by atoms with Crippen LogP contribution in [0.25, 0.3) is 10.9 Å². The number of carbonyl (C=O) groups is 1. The maximum absolute atomic E-state index is 13.5. The number of piperazine rings is 1. The van der Waals surface area contributed by atoms with Gasteiger partial charge in [0.1, 0.15) is 5.75 Å². The van der Waals surface area contributed by atoms with Crippen LogP contribution in [0.4, 0.5) is 5.69 Å². The van der Waals surface area contributed by atoms with E-state index in [2.05, 4.69) is 35.0 Å². The van der Waals surface area contributed by atoms with Gasteiger partial charge in [-0.05, 0) is 79.9 Å². The fourth-order valence-electron chi connectivity index (χ4n) is 4.95. The van der Waals surface area contributed by atoms with Gasteiger partial charge in [-0.3, -0.25) is 9.36 Å². The van der Waals surface area contributed by atoms with Crippen LogP contribution < -0.4 is 4.90 Å². The van der Waals surface area contributed by atoms with Crippen LogP contribution in [0, 0.1) is 13.8 Å². The SMILES string of the molecule is Cc1cc(Cc2cn(C(=O)c3ccc(N4CCN(C)CC4)cc3)c3ccccc23)cc(C)c1O. The fourth-order valence-corrected chi connectivity index (χ4v) is 4.95. The highest BCUT2D eigenvalue weighted by molar-refractivity contribution is 6.03. The summed E-state index contributed by atoms with van der Waals surface area (Å²) in [5.74, 6) is 0.326. The molecule has 1 aromatic heterocycles. The van der Waals surface area contributed by atoms with Crippen molar-refractivity contribution >= 4 is 22.5 Å². The molecule has 2 heterocycles. The van der Waals surface area contributed by atoms with E-state index in [9.17, 15) is 9.90 Å². The van der Waals surface area contributed by atoms with Gasteiger partial charge < -0.3 is 14.9 Å². The highest BCUT2D eigenvalue weighted by Crippen LogP contribution is 2.28. The Bertz CT molecular complexity index is 1320. The highest BCUT2D eigenvalue weighted by Gasteiger charge is 2.18. The number of phenols is 1. The fraction of sp³-hybridized carbons (Fsp3) is 0.276. The average Bonchev–Trinajstić information content (AvgIpc) is 3.21. The number of aromatic hydroxyl groups is 1. The van der Waals surface area contributed by atoms with Gasteiger partial charge in [0, 0.05) is 49.0 Å². The lowest BCUT2D eigenvalue weighted by atomic mass is 9.99. The molecular weight excluding hydrogens is 422 g/mol. The summed E-state index contributed by atoms with van der Waals surface area (Å²) >= 11 is 0. The maximum atomic E-state index is 13.5. The second kappa shape index (κ2) is 8.99. The minimum atomic E-state index is -0.0227. The van der Waals surface area contributed by atoms with E-state index in [0.717, 1.165) is 59.3 Å². The molecule has 0 amide bonds. The van der Waals surface area contributed by atoms with Gasteiger partial charge in [-0.25, -0.2) is 0 Å². The van der Waals surface area contributed by atoms with Gasteiger partial charge in [0.25, 0.3) is 5.91 Å². The van der Waals surface area contributed by atoms with Crippen molar-refractivity contribution in [2.24, 2.45) is 0 Å². The second-order valence-electron chi connectivity index (χ2n) is 9.44. The van der Waals surface area contributed by atoms with Gasteiger partial charge >= 0.3 is 0 Å². The number of aryl methyl sites for hydroxylation is 2. The van der Waals surface area contributed by atoms with Gasteiger partial charge in [-0.15, -0.1) is 0 Å². The summed E-state index contributed by atoms with van der Waals surface area (Å²) in [6.45, 7) is 7.96. The van der Waals surface area contributed by atoms with Crippen LogP contribution in [0.3, 0.4) is 0 Å². The minimum absolute atomic E-state index is 0.0227. The molecule has 1 saturated heterocycles. The summed E-state index contributed by atoms with van der Waals surface area (Å²) in [5.41, 5.74) is 6.73. The number of likely N-dealkylation sites (N-methyl/N-ethyl adjacent to an activating group) is 1. The molecule has 4 aromatic rings. The minimum Gasteiger partial charge on any atom is -0.507 e. The van der Waals surface area contributed by atoms with Gasteiger partial charge in [0.15, 0.2) is 0 Å². The summed E-state index contributed by atoms with van der Waals surface area (Å²) < 4.78 is 1.77. The Hall–Kier alpha value is -3.57. The molecule has 5 rings (SSSR count). The number of fused-ring (bicyclic) bond motifs is 1. The monoisotopic (exact) mass is 453 g/mol. The molecule has 0 unspecified atom stereocenters. The molecule has 3 aromatic carbocycles. The van der Waals surface area contributed by atoms with Crippen molar-refractivity contribution in [3.63, 3.8) is 0 Å². The first kappa shape index (κ1) is 22.2. The normalized spacial score (nSPS) is 14.6. The molecule has 1 aliphatic rings. The zero-order valence-electron chi connectivity index (χ0n) is 20.1. The smallest absolute Gasteiger partial charge is 0.262 e. The summed E-state index contributed by atoms with van der Waals surface area (Å²) in [7, 11) is 2.15. The summed E-state index contributed by atoms with van der Waals surface area (Å²) in [5, 5.41) is 11.2. The van der Waals surface area contributed by atoms with Crippen LogP contribution >= 0.6 is 0 Å². The summed E-state index contributed by atoms with van der Waals surface area (Å²) in [6.07, 6.45) is 2.67. The van der Waals surface area contributed by atoms with E-state index in [-0.39, 0.29) is 5.91 Å². The molecule has 5 nitrogen and oxygen atoms in total. The quantitative estimate of drug-likeness (QED) is 0.473. The van der Waals surface area contributed by atoms with E-state index in [4.69, 9.17) is 0 Å². The van der Waals surface area contributed by atoms with Crippen LogP contribution in [-0.2, 0) is 6.42 Å². The Morgan fingerprint density at radius 1 is 0.912 bits per heavy atom. The largest absolute Gasteiger partial charge is 0.507 e. The summed E-state index contributed by atoms with van der Waals surface area (Å²) in [6, 6.07) is 20.1. The van der Waals surface area contributed by atoms with Crippen molar-refractivity contribution < 1.29 is 9.90 Å². The van der Waals surface area contributed by atoms with Crippen molar-refractivity contribution in [1.29, 1.82) is 0 Å². The Morgan fingerprint density at radius 3 is 2.24 bits per heavy atom. The van der Waals surface area contributed by atoms with Crippen LogP contribution in [0.15, 0.2) is 66.9 Å². The third kappa shape index (κ3) is 4.19. The maximum Gasteiger partial charge on any atom is 0.262 e. The lowest BCUT2D eigenvalue weighted by Gasteiger charge is -2.34.